The number of benzene rings is 1. The van der Waals surface area contributed by atoms with Crippen molar-refractivity contribution >= 4 is 5.69 Å². The number of likely N-dealkylation sites (tertiary alicyclic amines) is 1. The van der Waals surface area contributed by atoms with Gasteiger partial charge in [-0.2, -0.15) is 0 Å². The first-order valence-electron chi connectivity index (χ1n) is 6.08. The van der Waals surface area contributed by atoms with Gasteiger partial charge in [0.15, 0.2) is 0 Å². The molecule has 1 saturated heterocycles. The van der Waals surface area contributed by atoms with Crippen molar-refractivity contribution in [3.63, 3.8) is 0 Å². The summed E-state index contributed by atoms with van der Waals surface area (Å²) in [5.41, 5.74) is 13.7. The molecule has 0 bridgehead atoms. The van der Waals surface area contributed by atoms with E-state index in [1.165, 1.54) is 24.8 Å². The van der Waals surface area contributed by atoms with Crippen molar-refractivity contribution in [2.45, 2.75) is 31.8 Å². The molecule has 1 unspecified atom stereocenters. The molecule has 2 rings (SSSR count). The van der Waals surface area contributed by atoms with Gasteiger partial charge >= 0.3 is 0 Å². The van der Waals surface area contributed by atoms with Gasteiger partial charge in [0.25, 0.3) is 0 Å². The van der Waals surface area contributed by atoms with Crippen molar-refractivity contribution in [1.82, 2.24) is 4.90 Å². The van der Waals surface area contributed by atoms with E-state index in [4.69, 9.17) is 11.5 Å². The monoisotopic (exact) mass is 219 g/mol. The Bertz CT molecular complexity index is 338. The molecule has 3 nitrogen and oxygen atoms in total. The zero-order valence-corrected chi connectivity index (χ0v) is 9.73. The Kier molecular flexibility index (Phi) is 3.80. The minimum atomic E-state index is 0.551. The number of hydrogen-bond donors (Lipinski definition) is 2. The summed E-state index contributed by atoms with van der Waals surface area (Å²) >= 11 is 0. The number of hydrogen-bond acceptors (Lipinski definition) is 3. The standard InChI is InChI=1S/C13H21N3/c14-9-13-6-1-2-7-16(13)10-11-4-3-5-12(15)8-11/h3-5,8,13H,1-2,6-7,9-10,14-15H2. The molecule has 0 aliphatic carbocycles. The maximum atomic E-state index is 5.81. The van der Waals surface area contributed by atoms with E-state index in [9.17, 15) is 0 Å². The summed E-state index contributed by atoms with van der Waals surface area (Å²) in [6.07, 6.45) is 3.84. The summed E-state index contributed by atoms with van der Waals surface area (Å²) in [6.45, 7) is 2.91. The van der Waals surface area contributed by atoms with E-state index in [1.807, 2.05) is 12.1 Å². The highest BCUT2D eigenvalue weighted by molar-refractivity contribution is 5.40. The Balaban J connectivity index is 2.02. The van der Waals surface area contributed by atoms with Crippen LogP contribution in [0.5, 0.6) is 0 Å². The van der Waals surface area contributed by atoms with Crippen LogP contribution in [0.4, 0.5) is 5.69 Å². The summed E-state index contributed by atoms with van der Waals surface area (Å²) in [5.74, 6) is 0. The summed E-state index contributed by atoms with van der Waals surface area (Å²) in [7, 11) is 0. The van der Waals surface area contributed by atoms with E-state index in [0.717, 1.165) is 25.3 Å². The van der Waals surface area contributed by atoms with Crippen LogP contribution in [0.25, 0.3) is 0 Å². The molecule has 16 heavy (non-hydrogen) atoms. The van der Waals surface area contributed by atoms with Crippen LogP contribution in [0, 0.1) is 0 Å². The van der Waals surface area contributed by atoms with Crippen LogP contribution < -0.4 is 11.5 Å². The molecule has 0 radical (unpaired) electrons. The Labute approximate surface area is 97.4 Å². The van der Waals surface area contributed by atoms with Crippen LogP contribution in [0.3, 0.4) is 0 Å². The Morgan fingerprint density at radius 3 is 2.94 bits per heavy atom. The second kappa shape index (κ2) is 5.32. The molecule has 1 aromatic rings. The average Bonchev–Trinajstić information content (AvgIpc) is 2.30. The Morgan fingerprint density at radius 1 is 1.31 bits per heavy atom. The van der Waals surface area contributed by atoms with E-state index in [1.54, 1.807) is 0 Å². The number of rotatable bonds is 3. The quantitative estimate of drug-likeness (QED) is 0.759. The molecule has 0 aromatic heterocycles. The second-order valence-electron chi connectivity index (χ2n) is 4.60. The zero-order valence-electron chi connectivity index (χ0n) is 9.73. The van der Waals surface area contributed by atoms with Gasteiger partial charge in [-0.25, -0.2) is 0 Å². The van der Waals surface area contributed by atoms with Gasteiger partial charge in [0.2, 0.25) is 0 Å². The van der Waals surface area contributed by atoms with E-state index in [-0.39, 0.29) is 0 Å². The first-order valence-corrected chi connectivity index (χ1v) is 6.08. The maximum absolute atomic E-state index is 5.81. The SMILES string of the molecule is NCC1CCCCN1Cc1cccc(N)c1. The lowest BCUT2D eigenvalue weighted by molar-refractivity contribution is 0.145. The second-order valence-corrected chi connectivity index (χ2v) is 4.60. The molecule has 1 atom stereocenters. The van der Waals surface area contributed by atoms with Gasteiger partial charge in [-0.05, 0) is 37.1 Å². The number of anilines is 1. The van der Waals surface area contributed by atoms with Crippen molar-refractivity contribution < 1.29 is 0 Å². The largest absolute Gasteiger partial charge is 0.399 e. The lowest BCUT2D eigenvalue weighted by Crippen LogP contribution is -2.43. The number of nitrogens with two attached hydrogens (primary N) is 2. The van der Waals surface area contributed by atoms with Crippen molar-refractivity contribution in [3.8, 4) is 0 Å². The molecular formula is C13H21N3. The normalized spacial score (nSPS) is 22.2. The van der Waals surface area contributed by atoms with Gasteiger partial charge in [-0.15, -0.1) is 0 Å². The van der Waals surface area contributed by atoms with Crippen molar-refractivity contribution in [2.75, 3.05) is 18.8 Å². The Hall–Kier alpha value is -1.06. The number of piperidine rings is 1. The van der Waals surface area contributed by atoms with Gasteiger partial charge in [-0.3, -0.25) is 4.90 Å². The highest BCUT2D eigenvalue weighted by Crippen LogP contribution is 2.19. The summed E-state index contributed by atoms with van der Waals surface area (Å²) in [6, 6.07) is 8.70. The van der Waals surface area contributed by atoms with E-state index < -0.39 is 0 Å². The lowest BCUT2D eigenvalue weighted by atomic mass is 10.0. The fourth-order valence-electron chi connectivity index (χ4n) is 2.46. The molecule has 0 saturated carbocycles. The van der Waals surface area contributed by atoms with Gasteiger partial charge in [0, 0.05) is 24.8 Å². The highest BCUT2D eigenvalue weighted by atomic mass is 15.2. The summed E-state index contributed by atoms with van der Waals surface area (Å²) in [4.78, 5) is 2.48. The van der Waals surface area contributed by atoms with Crippen LogP contribution >= 0.6 is 0 Å². The summed E-state index contributed by atoms with van der Waals surface area (Å²) in [5, 5.41) is 0. The van der Waals surface area contributed by atoms with Gasteiger partial charge in [-0.1, -0.05) is 18.6 Å². The molecule has 4 N–H and O–H groups in total. The van der Waals surface area contributed by atoms with E-state index in [2.05, 4.69) is 17.0 Å². The van der Waals surface area contributed by atoms with Crippen LogP contribution in [0.15, 0.2) is 24.3 Å². The topological polar surface area (TPSA) is 55.3 Å². The molecular weight excluding hydrogens is 198 g/mol. The van der Waals surface area contributed by atoms with Gasteiger partial charge in [0.1, 0.15) is 0 Å². The molecule has 0 spiro atoms. The minimum absolute atomic E-state index is 0.551. The molecule has 1 fully saturated rings. The average molecular weight is 219 g/mol. The summed E-state index contributed by atoms with van der Waals surface area (Å²) < 4.78 is 0. The number of nitrogen functional groups attached to an aromatic ring is 1. The third kappa shape index (κ3) is 2.74. The third-order valence-electron chi connectivity index (χ3n) is 3.36. The first kappa shape index (κ1) is 11.4. The van der Waals surface area contributed by atoms with Crippen LogP contribution in [0.1, 0.15) is 24.8 Å². The molecule has 0 amide bonds. The van der Waals surface area contributed by atoms with E-state index in [0.29, 0.717) is 6.04 Å². The van der Waals surface area contributed by atoms with Crippen molar-refractivity contribution in [1.29, 1.82) is 0 Å². The predicted molar refractivity (Wildman–Crippen MR) is 68.0 cm³/mol. The maximum Gasteiger partial charge on any atom is 0.0317 e. The fourth-order valence-corrected chi connectivity index (χ4v) is 2.46. The third-order valence-corrected chi connectivity index (χ3v) is 3.36. The van der Waals surface area contributed by atoms with E-state index >= 15 is 0 Å². The van der Waals surface area contributed by atoms with Crippen LogP contribution in [0.2, 0.25) is 0 Å². The minimum Gasteiger partial charge on any atom is -0.399 e. The van der Waals surface area contributed by atoms with Crippen molar-refractivity contribution in [2.24, 2.45) is 5.73 Å². The molecule has 1 aromatic carbocycles. The van der Waals surface area contributed by atoms with Crippen LogP contribution in [-0.2, 0) is 6.54 Å². The fraction of sp³-hybridized carbons (Fsp3) is 0.538. The molecule has 1 aliphatic heterocycles. The number of nitrogens with zero attached hydrogens (tertiary/aromatic N) is 1. The molecule has 3 heteroatoms. The first-order chi connectivity index (χ1) is 7.79. The molecule has 1 heterocycles. The van der Waals surface area contributed by atoms with Crippen molar-refractivity contribution in [3.05, 3.63) is 29.8 Å². The zero-order chi connectivity index (χ0) is 11.4. The smallest absolute Gasteiger partial charge is 0.0317 e. The molecule has 88 valence electrons. The van der Waals surface area contributed by atoms with Gasteiger partial charge < -0.3 is 11.5 Å². The van der Waals surface area contributed by atoms with Crippen LogP contribution in [-0.4, -0.2) is 24.0 Å². The Morgan fingerprint density at radius 2 is 2.19 bits per heavy atom. The lowest BCUT2D eigenvalue weighted by Gasteiger charge is -2.35. The predicted octanol–water partition coefficient (Wildman–Crippen LogP) is 1.58. The highest BCUT2D eigenvalue weighted by Gasteiger charge is 2.20. The molecule has 1 aliphatic rings. The van der Waals surface area contributed by atoms with Gasteiger partial charge in [0.05, 0.1) is 0 Å².